The molecule has 2 aliphatic heterocycles. The zero-order chi connectivity index (χ0) is 12.4. The number of likely N-dealkylation sites (tertiary alicyclic amines) is 2. The fraction of sp³-hybridized carbons (Fsp3) is 0.929. The second-order valence-corrected chi connectivity index (χ2v) is 6.45. The third kappa shape index (κ3) is 2.80. The Labute approximate surface area is 116 Å². The van der Waals surface area contributed by atoms with E-state index in [9.17, 15) is 0 Å². The van der Waals surface area contributed by atoms with Crippen LogP contribution in [0.5, 0.6) is 0 Å². The minimum Gasteiger partial charge on any atom is -0.360 e. The van der Waals surface area contributed by atoms with E-state index in [-0.39, 0.29) is 0 Å². The number of hydrogen-bond donors (Lipinski definition) is 1. The molecule has 1 unspecified atom stereocenters. The highest BCUT2D eigenvalue weighted by Crippen LogP contribution is 2.22. The predicted octanol–water partition coefficient (Wildman–Crippen LogP) is 1.97. The molecule has 2 saturated heterocycles. The minimum atomic E-state index is 0.656. The lowest BCUT2D eigenvalue weighted by atomic mass is 10.2. The van der Waals surface area contributed by atoms with Crippen LogP contribution in [-0.2, 0) is 0 Å². The zero-order valence-electron chi connectivity index (χ0n) is 11.2. The average Bonchev–Trinajstić information content (AvgIpc) is 3.11. The summed E-state index contributed by atoms with van der Waals surface area (Å²) < 4.78 is 0. The summed E-state index contributed by atoms with van der Waals surface area (Å²) in [5.74, 6) is 0. The van der Waals surface area contributed by atoms with Crippen LogP contribution in [0.1, 0.15) is 44.9 Å². The molecule has 3 aliphatic rings. The Balaban J connectivity index is 1.46. The van der Waals surface area contributed by atoms with Gasteiger partial charge in [0.15, 0.2) is 5.11 Å². The third-order valence-corrected chi connectivity index (χ3v) is 5.17. The SMILES string of the molecule is S=C(NC1CCCC1)N1CCC(N2CCCC2)C1. The molecular formula is C14H25N3S. The number of thiocarbonyl (C=S) groups is 1. The fourth-order valence-corrected chi connectivity index (χ4v) is 4.00. The van der Waals surface area contributed by atoms with Gasteiger partial charge < -0.3 is 10.2 Å². The molecule has 0 amide bonds. The lowest BCUT2D eigenvalue weighted by Crippen LogP contribution is -2.44. The Kier molecular flexibility index (Phi) is 4.04. The van der Waals surface area contributed by atoms with E-state index in [1.807, 2.05) is 0 Å². The summed E-state index contributed by atoms with van der Waals surface area (Å²) >= 11 is 5.57. The maximum Gasteiger partial charge on any atom is 0.169 e. The molecule has 4 heteroatoms. The lowest BCUT2D eigenvalue weighted by molar-refractivity contribution is 0.249. The Morgan fingerprint density at radius 2 is 1.67 bits per heavy atom. The van der Waals surface area contributed by atoms with E-state index < -0.39 is 0 Å². The van der Waals surface area contributed by atoms with Crippen molar-refractivity contribution in [3.8, 4) is 0 Å². The third-order valence-electron chi connectivity index (χ3n) is 4.79. The van der Waals surface area contributed by atoms with Crippen molar-refractivity contribution < 1.29 is 0 Å². The molecular weight excluding hydrogens is 242 g/mol. The van der Waals surface area contributed by atoms with Gasteiger partial charge in [0.1, 0.15) is 0 Å². The van der Waals surface area contributed by atoms with Gasteiger partial charge in [0.2, 0.25) is 0 Å². The second-order valence-electron chi connectivity index (χ2n) is 6.06. The van der Waals surface area contributed by atoms with Crippen LogP contribution in [-0.4, -0.2) is 53.2 Å². The van der Waals surface area contributed by atoms with Crippen molar-refractivity contribution in [2.75, 3.05) is 26.2 Å². The molecule has 2 heterocycles. The predicted molar refractivity (Wildman–Crippen MR) is 78.8 cm³/mol. The van der Waals surface area contributed by atoms with E-state index in [4.69, 9.17) is 12.2 Å². The molecule has 0 aromatic heterocycles. The van der Waals surface area contributed by atoms with E-state index in [1.165, 1.54) is 58.0 Å². The highest BCUT2D eigenvalue weighted by atomic mass is 32.1. The van der Waals surface area contributed by atoms with Crippen molar-refractivity contribution in [3.63, 3.8) is 0 Å². The van der Waals surface area contributed by atoms with Crippen molar-refractivity contribution in [2.45, 2.75) is 57.0 Å². The van der Waals surface area contributed by atoms with E-state index in [1.54, 1.807) is 0 Å². The van der Waals surface area contributed by atoms with Crippen molar-refractivity contribution in [2.24, 2.45) is 0 Å². The van der Waals surface area contributed by atoms with Crippen LogP contribution in [0.25, 0.3) is 0 Å². The molecule has 0 aromatic rings. The molecule has 0 bridgehead atoms. The van der Waals surface area contributed by atoms with Crippen molar-refractivity contribution in [1.82, 2.24) is 15.1 Å². The van der Waals surface area contributed by atoms with Gasteiger partial charge >= 0.3 is 0 Å². The van der Waals surface area contributed by atoms with Crippen LogP contribution in [0.15, 0.2) is 0 Å². The summed E-state index contributed by atoms with van der Waals surface area (Å²) in [6.07, 6.45) is 9.44. The first-order valence-electron chi connectivity index (χ1n) is 7.62. The summed E-state index contributed by atoms with van der Waals surface area (Å²) in [6, 6.07) is 1.42. The van der Waals surface area contributed by atoms with Crippen molar-refractivity contribution >= 4 is 17.3 Å². The summed E-state index contributed by atoms with van der Waals surface area (Å²) in [5.41, 5.74) is 0. The van der Waals surface area contributed by atoms with Gasteiger partial charge in [-0.25, -0.2) is 0 Å². The van der Waals surface area contributed by atoms with Crippen LogP contribution in [0.4, 0.5) is 0 Å². The molecule has 0 radical (unpaired) electrons. The first-order valence-corrected chi connectivity index (χ1v) is 8.03. The van der Waals surface area contributed by atoms with Gasteiger partial charge in [-0.2, -0.15) is 0 Å². The number of nitrogens with one attached hydrogen (secondary N) is 1. The molecule has 102 valence electrons. The normalized spacial score (nSPS) is 30.2. The van der Waals surface area contributed by atoms with Gasteiger partial charge in [-0.05, 0) is 57.4 Å². The molecule has 1 aliphatic carbocycles. The standard InChI is InChI=1S/C14H25N3S/c18-14(15-12-5-1-2-6-12)17-10-7-13(11-17)16-8-3-4-9-16/h12-13H,1-11H2,(H,15,18). The van der Waals surface area contributed by atoms with Gasteiger partial charge in [-0.3, -0.25) is 4.90 Å². The number of rotatable bonds is 2. The van der Waals surface area contributed by atoms with E-state index in [0.29, 0.717) is 6.04 Å². The summed E-state index contributed by atoms with van der Waals surface area (Å²) in [4.78, 5) is 5.06. The molecule has 1 saturated carbocycles. The van der Waals surface area contributed by atoms with E-state index >= 15 is 0 Å². The van der Waals surface area contributed by atoms with Crippen LogP contribution >= 0.6 is 12.2 Å². The number of hydrogen-bond acceptors (Lipinski definition) is 2. The summed E-state index contributed by atoms with van der Waals surface area (Å²) in [6.45, 7) is 4.92. The van der Waals surface area contributed by atoms with E-state index in [0.717, 1.165) is 24.2 Å². The lowest BCUT2D eigenvalue weighted by Gasteiger charge is -2.26. The fourth-order valence-electron chi connectivity index (χ4n) is 3.67. The molecule has 1 N–H and O–H groups in total. The monoisotopic (exact) mass is 267 g/mol. The Morgan fingerprint density at radius 1 is 0.944 bits per heavy atom. The molecule has 1 atom stereocenters. The quantitative estimate of drug-likeness (QED) is 0.771. The van der Waals surface area contributed by atoms with Gasteiger partial charge in [0.05, 0.1) is 0 Å². The van der Waals surface area contributed by atoms with Crippen molar-refractivity contribution in [1.29, 1.82) is 0 Å². The van der Waals surface area contributed by atoms with Gasteiger partial charge in [-0.15, -0.1) is 0 Å². The average molecular weight is 267 g/mol. The highest BCUT2D eigenvalue weighted by Gasteiger charge is 2.30. The summed E-state index contributed by atoms with van der Waals surface area (Å²) in [5, 5.41) is 4.59. The van der Waals surface area contributed by atoms with Gasteiger partial charge in [-0.1, -0.05) is 12.8 Å². The smallest absolute Gasteiger partial charge is 0.169 e. The molecule has 3 nitrogen and oxygen atoms in total. The Hall–Kier alpha value is -0.350. The van der Waals surface area contributed by atoms with Gasteiger partial charge in [0, 0.05) is 25.2 Å². The highest BCUT2D eigenvalue weighted by molar-refractivity contribution is 7.80. The maximum atomic E-state index is 5.57. The molecule has 18 heavy (non-hydrogen) atoms. The van der Waals surface area contributed by atoms with Crippen LogP contribution < -0.4 is 5.32 Å². The maximum absolute atomic E-state index is 5.57. The molecule has 0 spiro atoms. The van der Waals surface area contributed by atoms with Crippen LogP contribution in [0.3, 0.4) is 0 Å². The molecule has 3 fully saturated rings. The van der Waals surface area contributed by atoms with Gasteiger partial charge in [0.25, 0.3) is 0 Å². The first-order chi connectivity index (χ1) is 8.83. The first kappa shape index (κ1) is 12.7. The van der Waals surface area contributed by atoms with Crippen LogP contribution in [0, 0.1) is 0 Å². The minimum absolute atomic E-state index is 0.656. The molecule has 0 aromatic carbocycles. The van der Waals surface area contributed by atoms with Crippen LogP contribution in [0.2, 0.25) is 0 Å². The second kappa shape index (κ2) is 5.74. The molecule has 3 rings (SSSR count). The Bertz CT molecular complexity index is 295. The largest absolute Gasteiger partial charge is 0.360 e. The van der Waals surface area contributed by atoms with Crippen molar-refractivity contribution in [3.05, 3.63) is 0 Å². The topological polar surface area (TPSA) is 18.5 Å². The van der Waals surface area contributed by atoms with E-state index in [2.05, 4.69) is 15.1 Å². The summed E-state index contributed by atoms with van der Waals surface area (Å²) in [7, 11) is 0. The number of nitrogens with zero attached hydrogens (tertiary/aromatic N) is 2. The Morgan fingerprint density at radius 3 is 2.39 bits per heavy atom. The zero-order valence-corrected chi connectivity index (χ0v) is 12.1.